The number of hydrogen-bond donors (Lipinski definition) is 1. The summed E-state index contributed by atoms with van der Waals surface area (Å²) < 4.78 is 1.99. The van der Waals surface area contributed by atoms with E-state index in [1.165, 1.54) is 17.3 Å². The molecule has 1 fully saturated rings. The van der Waals surface area contributed by atoms with Crippen LogP contribution in [0.1, 0.15) is 25.3 Å². The highest BCUT2D eigenvalue weighted by molar-refractivity contribution is 8.00. The lowest BCUT2D eigenvalue weighted by Crippen LogP contribution is -2.32. The third kappa shape index (κ3) is 4.23. The van der Waals surface area contributed by atoms with E-state index in [1.807, 2.05) is 47.9 Å². The van der Waals surface area contributed by atoms with E-state index in [2.05, 4.69) is 34.6 Å². The molecular formula is C21H21ClN4OS. The molecule has 28 heavy (non-hydrogen) atoms. The van der Waals surface area contributed by atoms with Gasteiger partial charge in [-0.1, -0.05) is 41.1 Å². The van der Waals surface area contributed by atoms with Crippen molar-refractivity contribution >= 4 is 29.3 Å². The number of halogens is 1. The molecule has 7 heteroatoms. The Morgan fingerprint density at radius 1 is 1.14 bits per heavy atom. The maximum absolute atomic E-state index is 12.4. The molecule has 0 spiro atoms. The van der Waals surface area contributed by atoms with E-state index in [9.17, 15) is 4.79 Å². The van der Waals surface area contributed by atoms with Crippen LogP contribution in [0.2, 0.25) is 5.02 Å². The number of aryl methyl sites for hydroxylation is 1. The highest BCUT2D eigenvalue weighted by Crippen LogP contribution is 2.31. The molecule has 1 saturated carbocycles. The molecule has 0 radical (unpaired) electrons. The van der Waals surface area contributed by atoms with Crippen LogP contribution in [-0.2, 0) is 4.79 Å². The van der Waals surface area contributed by atoms with Crippen LogP contribution in [0.4, 0.5) is 0 Å². The monoisotopic (exact) mass is 412 g/mol. The van der Waals surface area contributed by atoms with Gasteiger partial charge in [-0.2, -0.15) is 0 Å². The van der Waals surface area contributed by atoms with Gasteiger partial charge in [0.2, 0.25) is 5.91 Å². The average Bonchev–Trinajstić information content (AvgIpc) is 3.41. The minimum Gasteiger partial charge on any atom is -0.352 e. The summed E-state index contributed by atoms with van der Waals surface area (Å²) in [5, 5.41) is 13.0. The van der Waals surface area contributed by atoms with Gasteiger partial charge >= 0.3 is 0 Å². The lowest BCUT2D eigenvalue weighted by Gasteiger charge is -2.14. The second kappa shape index (κ2) is 7.97. The number of rotatable bonds is 6. The Kier molecular flexibility index (Phi) is 5.42. The number of benzene rings is 2. The van der Waals surface area contributed by atoms with E-state index >= 15 is 0 Å². The minimum atomic E-state index is -0.257. The second-order valence-electron chi connectivity index (χ2n) is 7.03. The summed E-state index contributed by atoms with van der Waals surface area (Å²) in [6.07, 6.45) is 2.15. The van der Waals surface area contributed by atoms with Gasteiger partial charge in [0.25, 0.3) is 0 Å². The quantitative estimate of drug-likeness (QED) is 0.598. The molecule has 2 aromatic carbocycles. The Morgan fingerprint density at radius 2 is 1.82 bits per heavy atom. The molecule has 1 aliphatic rings. The predicted octanol–water partition coefficient (Wildman–Crippen LogP) is 4.66. The first-order valence-corrected chi connectivity index (χ1v) is 10.5. The lowest BCUT2D eigenvalue weighted by atomic mass is 10.2. The standard InChI is InChI=1S/C21H21ClN4OS/c1-13-3-11-18(12-4-13)26-19(15-5-7-16(22)8-6-15)24-25-21(26)28-14(2)20(27)23-17-9-10-17/h3-8,11-12,14,17H,9-10H2,1-2H3,(H,23,27). The first-order valence-electron chi connectivity index (χ1n) is 9.26. The molecule has 1 N–H and O–H groups in total. The lowest BCUT2D eigenvalue weighted by molar-refractivity contribution is -0.120. The van der Waals surface area contributed by atoms with Gasteiger partial charge in [0.15, 0.2) is 11.0 Å². The highest BCUT2D eigenvalue weighted by Gasteiger charge is 2.27. The molecule has 1 heterocycles. The van der Waals surface area contributed by atoms with Gasteiger partial charge in [0.1, 0.15) is 0 Å². The molecule has 1 unspecified atom stereocenters. The van der Waals surface area contributed by atoms with Gasteiger partial charge in [-0.3, -0.25) is 9.36 Å². The summed E-state index contributed by atoms with van der Waals surface area (Å²) in [5.41, 5.74) is 3.05. The maximum atomic E-state index is 12.4. The van der Waals surface area contributed by atoms with Crippen molar-refractivity contribution in [3.63, 3.8) is 0 Å². The fraction of sp³-hybridized carbons (Fsp3) is 0.286. The van der Waals surface area contributed by atoms with Crippen molar-refractivity contribution in [1.29, 1.82) is 0 Å². The Labute approximate surface area is 173 Å². The van der Waals surface area contributed by atoms with E-state index in [0.29, 0.717) is 16.2 Å². The van der Waals surface area contributed by atoms with Gasteiger partial charge in [-0.05, 0) is 63.1 Å². The molecule has 5 nitrogen and oxygen atoms in total. The molecule has 1 aromatic heterocycles. The Balaban J connectivity index is 1.70. The first kappa shape index (κ1) is 19.0. The van der Waals surface area contributed by atoms with Crippen LogP contribution in [0.5, 0.6) is 0 Å². The molecule has 1 amide bonds. The van der Waals surface area contributed by atoms with Crippen LogP contribution in [0.25, 0.3) is 17.1 Å². The number of nitrogens with zero attached hydrogens (tertiary/aromatic N) is 3. The molecule has 1 atom stereocenters. The van der Waals surface area contributed by atoms with Crippen molar-refractivity contribution in [3.8, 4) is 17.1 Å². The maximum Gasteiger partial charge on any atom is 0.233 e. The van der Waals surface area contributed by atoms with Gasteiger partial charge in [-0.25, -0.2) is 0 Å². The fourth-order valence-electron chi connectivity index (χ4n) is 2.82. The first-order chi connectivity index (χ1) is 13.5. The molecule has 0 aliphatic heterocycles. The van der Waals surface area contributed by atoms with E-state index in [1.54, 1.807) is 0 Å². The van der Waals surface area contributed by atoms with Crippen molar-refractivity contribution in [3.05, 3.63) is 59.1 Å². The van der Waals surface area contributed by atoms with E-state index in [-0.39, 0.29) is 11.2 Å². The third-order valence-electron chi connectivity index (χ3n) is 4.60. The topological polar surface area (TPSA) is 59.8 Å². The number of carbonyl (C=O) groups is 1. The zero-order chi connectivity index (χ0) is 19.7. The number of aromatic nitrogens is 3. The van der Waals surface area contributed by atoms with Crippen LogP contribution in [0.3, 0.4) is 0 Å². The zero-order valence-electron chi connectivity index (χ0n) is 15.7. The van der Waals surface area contributed by atoms with Crippen molar-refractivity contribution in [2.75, 3.05) is 0 Å². The van der Waals surface area contributed by atoms with E-state index < -0.39 is 0 Å². The molecule has 3 aromatic rings. The van der Waals surface area contributed by atoms with E-state index in [4.69, 9.17) is 11.6 Å². The van der Waals surface area contributed by atoms with Crippen molar-refractivity contribution in [2.24, 2.45) is 0 Å². The van der Waals surface area contributed by atoms with Gasteiger partial charge in [0, 0.05) is 22.3 Å². The third-order valence-corrected chi connectivity index (χ3v) is 5.90. The van der Waals surface area contributed by atoms with Crippen LogP contribution in [-0.4, -0.2) is 32.0 Å². The fourth-order valence-corrected chi connectivity index (χ4v) is 3.82. The largest absolute Gasteiger partial charge is 0.352 e. The van der Waals surface area contributed by atoms with Crippen LogP contribution in [0.15, 0.2) is 53.7 Å². The van der Waals surface area contributed by atoms with Gasteiger partial charge in [0.05, 0.1) is 5.25 Å². The summed E-state index contributed by atoms with van der Waals surface area (Å²) in [4.78, 5) is 12.4. The molecule has 0 bridgehead atoms. The molecule has 144 valence electrons. The Bertz CT molecular complexity index is 981. The predicted molar refractivity (Wildman–Crippen MR) is 113 cm³/mol. The summed E-state index contributed by atoms with van der Waals surface area (Å²) in [6.45, 7) is 3.95. The van der Waals surface area contributed by atoms with Crippen LogP contribution >= 0.6 is 23.4 Å². The van der Waals surface area contributed by atoms with Crippen molar-refractivity contribution < 1.29 is 4.79 Å². The van der Waals surface area contributed by atoms with Gasteiger partial charge in [-0.15, -0.1) is 10.2 Å². The number of nitrogens with one attached hydrogen (secondary N) is 1. The average molecular weight is 413 g/mol. The Morgan fingerprint density at radius 3 is 2.46 bits per heavy atom. The Hall–Kier alpha value is -2.31. The number of amides is 1. The summed E-state index contributed by atoms with van der Waals surface area (Å²) in [7, 11) is 0. The second-order valence-corrected chi connectivity index (χ2v) is 8.77. The zero-order valence-corrected chi connectivity index (χ0v) is 17.3. The van der Waals surface area contributed by atoms with Crippen LogP contribution < -0.4 is 5.32 Å². The minimum absolute atomic E-state index is 0.0407. The summed E-state index contributed by atoms with van der Waals surface area (Å²) in [5.74, 6) is 0.761. The van der Waals surface area contributed by atoms with Crippen LogP contribution in [0, 0.1) is 6.92 Å². The SMILES string of the molecule is Cc1ccc(-n2c(SC(C)C(=O)NC3CC3)nnc2-c2ccc(Cl)cc2)cc1. The smallest absolute Gasteiger partial charge is 0.233 e. The molecule has 1 aliphatic carbocycles. The summed E-state index contributed by atoms with van der Waals surface area (Å²) >= 11 is 7.45. The van der Waals surface area contributed by atoms with Crippen molar-refractivity contribution in [2.45, 2.75) is 43.1 Å². The van der Waals surface area contributed by atoms with E-state index in [0.717, 1.165) is 29.9 Å². The normalized spacial score (nSPS) is 14.7. The molecular weight excluding hydrogens is 392 g/mol. The number of thioether (sulfide) groups is 1. The molecule has 0 saturated heterocycles. The van der Waals surface area contributed by atoms with Crippen molar-refractivity contribution in [1.82, 2.24) is 20.1 Å². The molecule has 4 rings (SSSR count). The number of carbonyl (C=O) groups excluding carboxylic acids is 1. The highest BCUT2D eigenvalue weighted by atomic mass is 35.5. The summed E-state index contributed by atoms with van der Waals surface area (Å²) in [6, 6.07) is 16.1. The van der Waals surface area contributed by atoms with Gasteiger partial charge < -0.3 is 5.32 Å². The number of hydrogen-bond acceptors (Lipinski definition) is 4.